The van der Waals surface area contributed by atoms with Crippen LogP contribution in [0.4, 0.5) is 4.79 Å². The van der Waals surface area contributed by atoms with Gasteiger partial charge in [0.25, 0.3) is 0 Å². The molecule has 4 amide bonds. The highest BCUT2D eigenvalue weighted by Crippen LogP contribution is 2.30. The van der Waals surface area contributed by atoms with Crippen molar-refractivity contribution in [3.05, 3.63) is 23.3 Å². The van der Waals surface area contributed by atoms with E-state index >= 15 is 0 Å². The molecule has 1 aromatic rings. The SMILES string of the molecule is COc1cc(C)c(CN(C)C(=O)CCCN2C(=O)CN(C)C2=O)cc1OC. The Hall–Kier alpha value is -2.77. The van der Waals surface area contributed by atoms with Crippen LogP contribution in [0.25, 0.3) is 0 Å². The molecule has 0 saturated carbocycles. The Kier molecular flexibility index (Phi) is 6.65. The molecule has 1 aromatic carbocycles. The summed E-state index contributed by atoms with van der Waals surface area (Å²) in [6, 6.07) is 3.45. The topological polar surface area (TPSA) is 79.4 Å². The van der Waals surface area contributed by atoms with Gasteiger partial charge in [-0.05, 0) is 36.6 Å². The number of imide groups is 1. The van der Waals surface area contributed by atoms with Crippen LogP contribution in [0.15, 0.2) is 12.1 Å². The summed E-state index contributed by atoms with van der Waals surface area (Å²) in [5.41, 5.74) is 1.97. The van der Waals surface area contributed by atoms with Crippen LogP contribution in [0.3, 0.4) is 0 Å². The van der Waals surface area contributed by atoms with E-state index < -0.39 is 0 Å². The molecule has 2 rings (SSSR count). The number of carbonyl (C=O) groups excluding carboxylic acids is 3. The third-order valence-electron chi connectivity index (χ3n) is 4.68. The number of nitrogens with zero attached hydrogens (tertiary/aromatic N) is 3. The summed E-state index contributed by atoms with van der Waals surface area (Å²) >= 11 is 0. The fourth-order valence-corrected chi connectivity index (χ4v) is 3.00. The Balaban J connectivity index is 1.90. The lowest BCUT2D eigenvalue weighted by atomic mass is 10.1. The number of hydrogen-bond acceptors (Lipinski definition) is 5. The fraction of sp³-hybridized carbons (Fsp3) is 0.526. The number of ether oxygens (including phenoxy) is 2. The summed E-state index contributed by atoms with van der Waals surface area (Å²) in [4.78, 5) is 40.2. The number of carbonyl (C=O) groups is 3. The van der Waals surface area contributed by atoms with Crippen molar-refractivity contribution >= 4 is 17.8 Å². The lowest BCUT2D eigenvalue weighted by Gasteiger charge is -2.20. The van der Waals surface area contributed by atoms with Gasteiger partial charge in [-0.3, -0.25) is 14.5 Å². The molecule has 0 unspecified atom stereocenters. The van der Waals surface area contributed by atoms with Crippen molar-refractivity contribution in [2.24, 2.45) is 0 Å². The van der Waals surface area contributed by atoms with Gasteiger partial charge in [0.15, 0.2) is 11.5 Å². The van der Waals surface area contributed by atoms with Gasteiger partial charge in [-0.1, -0.05) is 0 Å². The Bertz CT molecular complexity index is 734. The van der Waals surface area contributed by atoms with Crippen molar-refractivity contribution < 1.29 is 23.9 Å². The first kappa shape index (κ1) is 20.5. The summed E-state index contributed by atoms with van der Waals surface area (Å²) in [5.74, 6) is 1.01. The van der Waals surface area contributed by atoms with Crippen molar-refractivity contribution in [1.29, 1.82) is 0 Å². The second-order valence-electron chi connectivity index (χ2n) is 6.67. The summed E-state index contributed by atoms with van der Waals surface area (Å²) in [6.45, 7) is 2.76. The zero-order chi connectivity index (χ0) is 20.1. The molecule has 8 heteroatoms. The Labute approximate surface area is 159 Å². The Morgan fingerprint density at radius 2 is 1.81 bits per heavy atom. The highest BCUT2D eigenvalue weighted by Gasteiger charge is 2.32. The molecule has 1 aliphatic rings. The second-order valence-corrected chi connectivity index (χ2v) is 6.67. The number of amides is 4. The molecule has 1 aliphatic heterocycles. The average Bonchev–Trinajstić information content (AvgIpc) is 2.88. The lowest BCUT2D eigenvalue weighted by molar-refractivity contribution is -0.131. The van der Waals surface area contributed by atoms with Crippen molar-refractivity contribution in [1.82, 2.24) is 14.7 Å². The van der Waals surface area contributed by atoms with Gasteiger partial charge in [-0.15, -0.1) is 0 Å². The van der Waals surface area contributed by atoms with Crippen LogP contribution in [0.5, 0.6) is 11.5 Å². The first-order valence-corrected chi connectivity index (χ1v) is 8.79. The monoisotopic (exact) mass is 377 g/mol. The minimum absolute atomic E-state index is 0.0448. The molecule has 0 aliphatic carbocycles. The van der Waals surface area contributed by atoms with Crippen LogP contribution >= 0.6 is 0 Å². The summed E-state index contributed by atoms with van der Waals surface area (Å²) in [6.07, 6.45) is 0.711. The third-order valence-corrected chi connectivity index (χ3v) is 4.68. The highest BCUT2D eigenvalue weighted by molar-refractivity contribution is 6.01. The van der Waals surface area contributed by atoms with Gasteiger partial charge in [0, 0.05) is 33.6 Å². The van der Waals surface area contributed by atoms with Crippen molar-refractivity contribution in [3.8, 4) is 11.5 Å². The molecule has 0 N–H and O–H groups in total. The van der Waals surface area contributed by atoms with Crippen LogP contribution < -0.4 is 9.47 Å². The number of likely N-dealkylation sites (N-methyl/N-ethyl adjacent to an activating group) is 1. The zero-order valence-corrected chi connectivity index (χ0v) is 16.6. The summed E-state index contributed by atoms with van der Waals surface area (Å²) < 4.78 is 10.6. The molecular formula is C19H27N3O5. The van der Waals surface area contributed by atoms with Gasteiger partial charge in [-0.2, -0.15) is 0 Å². The number of benzene rings is 1. The maximum atomic E-state index is 12.4. The molecule has 0 atom stereocenters. The maximum Gasteiger partial charge on any atom is 0.326 e. The second kappa shape index (κ2) is 8.75. The van der Waals surface area contributed by atoms with Gasteiger partial charge in [0.1, 0.15) is 6.54 Å². The van der Waals surface area contributed by atoms with E-state index in [2.05, 4.69) is 0 Å². The number of aryl methyl sites for hydroxylation is 1. The Morgan fingerprint density at radius 3 is 2.37 bits per heavy atom. The largest absolute Gasteiger partial charge is 0.493 e. The molecule has 1 saturated heterocycles. The van der Waals surface area contributed by atoms with E-state index in [9.17, 15) is 14.4 Å². The fourth-order valence-electron chi connectivity index (χ4n) is 3.00. The molecule has 1 fully saturated rings. The smallest absolute Gasteiger partial charge is 0.326 e. The molecule has 0 spiro atoms. The molecule has 0 aromatic heterocycles. The van der Waals surface area contributed by atoms with Crippen LogP contribution in [0.2, 0.25) is 0 Å². The standard InChI is InChI=1S/C19H27N3O5/c1-13-9-15(26-4)16(27-5)10-14(13)11-20(2)17(23)7-6-8-22-18(24)12-21(3)19(22)25/h9-10H,6-8,11-12H2,1-5H3. The van der Waals surface area contributed by atoms with Crippen LogP contribution in [-0.2, 0) is 16.1 Å². The predicted octanol–water partition coefficient (Wildman–Crippen LogP) is 1.64. The lowest BCUT2D eigenvalue weighted by Crippen LogP contribution is -2.33. The van der Waals surface area contributed by atoms with E-state index in [1.54, 1.807) is 33.2 Å². The number of urea groups is 1. The number of rotatable bonds is 8. The van der Waals surface area contributed by atoms with Crippen molar-refractivity contribution in [2.75, 3.05) is 41.4 Å². The highest BCUT2D eigenvalue weighted by atomic mass is 16.5. The first-order chi connectivity index (χ1) is 12.8. The normalized spacial score (nSPS) is 14.0. The molecular weight excluding hydrogens is 350 g/mol. The molecule has 1 heterocycles. The summed E-state index contributed by atoms with van der Waals surface area (Å²) in [5, 5.41) is 0. The van der Waals surface area contributed by atoms with Gasteiger partial charge in [0.05, 0.1) is 14.2 Å². The zero-order valence-electron chi connectivity index (χ0n) is 16.6. The Morgan fingerprint density at radius 1 is 1.19 bits per heavy atom. The third kappa shape index (κ3) is 4.69. The quantitative estimate of drug-likeness (QED) is 0.644. The van der Waals surface area contributed by atoms with E-state index in [-0.39, 0.29) is 37.4 Å². The molecule has 8 nitrogen and oxygen atoms in total. The van der Waals surface area contributed by atoms with Gasteiger partial charge in [0.2, 0.25) is 11.8 Å². The van der Waals surface area contributed by atoms with E-state index in [0.29, 0.717) is 24.5 Å². The minimum Gasteiger partial charge on any atom is -0.493 e. The molecule has 148 valence electrons. The van der Waals surface area contributed by atoms with Gasteiger partial charge < -0.3 is 19.3 Å². The number of methoxy groups -OCH3 is 2. The van der Waals surface area contributed by atoms with E-state index in [1.807, 2.05) is 19.1 Å². The van der Waals surface area contributed by atoms with E-state index in [4.69, 9.17) is 9.47 Å². The molecule has 0 radical (unpaired) electrons. The van der Waals surface area contributed by atoms with Crippen LogP contribution in [0, 0.1) is 6.92 Å². The number of hydrogen-bond donors (Lipinski definition) is 0. The molecule has 27 heavy (non-hydrogen) atoms. The van der Waals surface area contributed by atoms with E-state index in [0.717, 1.165) is 11.1 Å². The first-order valence-electron chi connectivity index (χ1n) is 8.79. The maximum absolute atomic E-state index is 12.4. The minimum atomic E-state index is -0.304. The van der Waals surface area contributed by atoms with Gasteiger partial charge in [-0.25, -0.2) is 4.79 Å². The summed E-state index contributed by atoms with van der Waals surface area (Å²) in [7, 11) is 6.48. The van der Waals surface area contributed by atoms with Crippen molar-refractivity contribution in [2.45, 2.75) is 26.3 Å². The molecule has 0 bridgehead atoms. The van der Waals surface area contributed by atoms with Crippen LogP contribution in [0.1, 0.15) is 24.0 Å². The van der Waals surface area contributed by atoms with E-state index in [1.165, 1.54) is 9.80 Å². The average molecular weight is 377 g/mol. The van der Waals surface area contributed by atoms with Gasteiger partial charge >= 0.3 is 6.03 Å². The van der Waals surface area contributed by atoms with Crippen LogP contribution in [-0.4, -0.2) is 73.9 Å². The van der Waals surface area contributed by atoms with Crippen molar-refractivity contribution in [3.63, 3.8) is 0 Å². The predicted molar refractivity (Wildman–Crippen MR) is 99.7 cm³/mol.